The minimum atomic E-state index is 0.737. The minimum Gasteiger partial charge on any atom is -0.398 e. The lowest BCUT2D eigenvalue weighted by Crippen LogP contribution is -1.96. The molecule has 2 rings (SSSR count). The van der Waals surface area contributed by atoms with E-state index in [0.29, 0.717) is 0 Å². The van der Waals surface area contributed by atoms with E-state index in [1.807, 2.05) is 12.1 Å². The number of anilines is 1. The van der Waals surface area contributed by atoms with Crippen LogP contribution in [0.15, 0.2) is 24.3 Å². The topological polar surface area (TPSA) is 26.0 Å². The molecule has 0 aliphatic heterocycles. The number of hydrogen-bond acceptors (Lipinski definition) is 1. The highest BCUT2D eigenvalue weighted by molar-refractivity contribution is 5.50. The lowest BCUT2D eigenvalue weighted by molar-refractivity contribution is 0.549. The van der Waals surface area contributed by atoms with Gasteiger partial charge in [-0.25, -0.2) is 0 Å². The summed E-state index contributed by atoms with van der Waals surface area (Å²) in [6, 6.07) is 8.26. The lowest BCUT2D eigenvalue weighted by Gasteiger charge is -2.06. The molecule has 1 saturated carbocycles. The molecule has 0 radical (unpaired) electrons. The molecule has 0 heterocycles. The Morgan fingerprint density at radius 2 is 2.00 bits per heavy atom. The first-order valence-electron chi connectivity index (χ1n) is 5.04. The van der Waals surface area contributed by atoms with Gasteiger partial charge in [0.1, 0.15) is 0 Å². The van der Waals surface area contributed by atoms with Gasteiger partial charge in [0.2, 0.25) is 0 Å². The van der Waals surface area contributed by atoms with E-state index in [4.69, 9.17) is 5.73 Å². The Balaban J connectivity index is 2.16. The molecule has 1 aliphatic rings. The smallest absolute Gasteiger partial charge is 0.0349 e. The first-order chi connectivity index (χ1) is 6.20. The van der Waals surface area contributed by atoms with Gasteiger partial charge in [-0.3, -0.25) is 0 Å². The fourth-order valence-electron chi connectivity index (χ4n) is 2.16. The largest absolute Gasteiger partial charge is 0.398 e. The average molecular weight is 175 g/mol. The normalized spacial score (nSPS) is 26.4. The van der Waals surface area contributed by atoms with Crippen molar-refractivity contribution in [1.29, 1.82) is 0 Å². The number of benzene rings is 1. The van der Waals surface area contributed by atoms with E-state index in [1.165, 1.54) is 12.0 Å². The molecule has 70 valence electrons. The maximum atomic E-state index is 5.92. The summed E-state index contributed by atoms with van der Waals surface area (Å²) in [5.74, 6) is 2.40. The van der Waals surface area contributed by atoms with Gasteiger partial charge in [0, 0.05) is 5.69 Å². The highest BCUT2D eigenvalue weighted by Gasteiger charge is 2.40. The van der Waals surface area contributed by atoms with Crippen molar-refractivity contribution in [1.82, 2.24) is 0 Å². The van der Waals surface area contributed by atoms with Crippen LogP contribution in [0, 0.1) is 11.8 Å². The zero-order chi connectivity index (χ0) is 9.42. The first-order valence-corrected chi connectivity index (χ1v) is 5.04. The van der Waals surface area contributed by atoms with Crippen LogP contribution in [0.1, 0.15) is 31.7 Å². The highest BCUT2D eigenvalue weighted by atomic mass is 14.6. The molecule has 2 unspecified atom stereocenters. The Kier molecular flexibility index (Phi) is 2.03. The quantitative estimate of drug-likeness (QED) is 0.687. The zero-order valence-electron chi connectivity index (χ0n) is 8.33. The van der Waals surface area contributed by atoms with E-state index >= 15 is 0 Å². The predicted octanol–water partition coefficient (Wildman–Crippen LogP) is 3.03. The van der Waals surface area contributed by atoms with Crippen LogP contribution in [-0.4, -0.2) is 0 Å². The number of para-hydroxylation sites is 1. The molecule has 2 atom stereocenters. The van der Waals surface area contributed by atoms with E-state index in [9.17, 15) is 0 Å². The summed E-state index contributed by atoms with van der Waals surface area (Å²) >= 11 is 0. The van der Waals surface area contributed by atoms with Gasteiger partial charge in [0.05, 0.1) is 0 Å². The van der Waals surface area contributed by atoms with Gasteiger partial charge < -0.3 is 5.73 Å². The second kappa shape index (κ2) is 3.06. The molecule has 0 aromatic heterocycles. The van der Waals surface area contributed by atoms with Crippen LogP contribution < -0.4 is 5.73 Å². The maximum Gasteiger partial charge on any atom is 0.0349 e. The number of hydrogen-bond donors (Lipinski definition) is 1. The molecule has 1 heteroatoms. The third-order valence-electron chi connectivity index (χ3n) is 3.09. The second-order valence-electron chi connectivity index (χ2n) is 4.38. The molecule has 1 aromatic rings. The number of nitrogens with two attached hydrogens (primary N) is 1. The van der Waals surface area contributed by atoms with Crippen molar-refractivity contribution in [3.63, 3.8) is 0 Å². The van der Waals surface area contributed by atoms with Gasteiger partial charge >= 0.3 is 0 Å². The third-order valence-corrected chi connectivity index (χ3v) is 3.09. The van der Waals surface area contributed by atoms with Gasteiger partial charge in [0.25, 0.3) is 0 Å². The van der Waals surface area contributed by atoms with Gasteiger partial charge in [-0.05, 0) is 35.8 Å². The molecule has 2 N–H and O–H groups in total. The molecule has 0 amide bonds. The van der Waals surface area contributed by atoms with Crippen LogP contribution >= 0.6 is 0 Å². The Labute approximate surface area is 80.0 Å². The van der Waals surface area contributed by atoms with E-state index < -0.39 is 0 Å². The molecular formula is C12H17N. The molecule has 1 nitrogen and oxygen atoms in total. The fraction of sp³-hybridized carbons (Fsp3) is 0.500. The molecule has 0 bridgehead atoms. The molecular weight excluding hydrogens is 158 g/mol. The molecule has 0 saturated heterocycles. The standard InChI is InChI=1S/C12H17N/c1-8(2)10-7-11(10)9-5-3-4-6-12(9)13/h3-6,8,10-11H,7,13H2,1-2H3. The van der Waals surface area contributed by atoms with Crippen LogP contribution in [0.2, 0.25) is 0 Å². The predicted molar refractivity (Wildman–Crippen MR) is 56.5 cm³/mol. The number of nitrogen functional groups attached to an aromatic ring is 1. The van der Waals surface area contributed by atoms with E-state index in [2.05, 4.69) is 26.0 Å². The summed E-state index contributed by atoms with van der Waals surface area (Å²) in [5.41, 5.74) is 8.25. The van der Waals surface area contributed by atoms with Gasteiger partial charge in [-0.1, -0.05) is 32.0 Å². The van der Waals surface area contributed by atoms with Crippen LogP contribution in [0.25, 0.3) is 0 Å². The molecule has 1 aliphatic carbocycles. The molecule has 1 aromatic carbocycles. The summed E-state index contributed by atoms with van der Waals surface area (Å²) in [4.78, 5) is 0. The summed E-state index contributed by atoms with van der Waals surface area (Å²) < 4.78 is 0. The van der Waals surface area contributed by atoms with Crippen molar-refractivity contribution >= 4 is 5.69 Å². The Morgan fingerprint density at radius 3 is 2.54 bits per heavy atom. The molecule has 0 spiro atoms. The van der Waals surface area contributed by atoms with Crippen molar-refractivity contribution in [2.75, 3.05) is 5.73 Å². The Bertz CT molecular complexity index is 304. The zero-order valence-corrected chi connectivity index (χ0v) is 8.33. The van der Waals surface area contributed by atoms with Gasteiger partial charge in [-0.2, -0.15) is 0 Å². The Hall–Kier alpha value is -0.980. The highest BCUT2D eigenvalue weighted by Crippen LogP contribution is 2.52. The van der Waals surface area contributed by atoms with Crippen molar-refractivity contribution in [2.24, 2.45) is 11.8 Å². The van der Waals surface area contributed by atoms with Gasteiger partial charge in [0.15, 0.2) is 0 Å². The lowest BCUT2D eigenvalue weighted by atomic mass is 10.0. The summed E-state index contributed by atoms with van der Waals surface area (Å²) in [6.07, 6.45) is 1.33. The Morgan fingerprint density at radius 1 is 1.31 bits per heavy atom. The van der Waals surface area contributed by atoms with Crippen molar-refractivity contribution in [3.8, 4) is 0 Å². The molecule has 1 fully saturated rings. The van der Waals surface area contributed by atoms with Crippen molar-refractivity contribution in [2.45, 2.75) is 26.2 Å². The van der Waals surface area contributed by atoms with Crippen LogP contribution in [0.3, 0.4) is 0 Å². The first kappa shape index (κ1) is 8.61. The SMILES string of the molecule is CC(C)C1CC1c1ccccc1N. The fourth-order valence-corrected chi connectivity index (χ4v) is 2.16. The van der Waals surface area contributed by atoms with Crippen LogP contribution in [0.5, 0.6) is 0 Å². The molecule has 13 heavy (non-hydrogen) atoms. The van der Waals surface area contributed by atoms with Crippen molar-refractivity contribution in [3.05, 3.63) is 29.8 Å². The summed E-state index contributed by atoms with van der Waals surface area (Å²) in [7, 11) is 0. The maximum absolute atomic E-state index is 5.92. The summed E-state index contributed by atoms with van der Waals surface area (Å²) in [6.45, 7) is 4.59. The second-order valence-corrected chi connectivity index (χ2v) is 4.38. The van der Waals surface area contributed by atoms with Crippen LogP contribution in [0.4, 0.5) is 5.69 Å². The van der Waals surface area contributed by atoms with E-state index in [1.54, 1.807) is 0 Å². The summed E-state index contributed by atoms with van der Waals surface area (Å²) in [5, 5.41) is 0. The van der Waals surface area contributed by atoms with Gasteiger partial charge in [-0.15, -0.1) is 0 Å². The third kappa shape index (κ3) is 1.55. The monoisotopic (exact) mass is 175 g/mol. The van der Waals surface area contributed by atoms with E-state index in [0.717, 1.165) is 23.4 Å². The number of rotatable bonds is 2. The average Bonchev–Trinajstić information content (AvgIpc) is 2.84. The van der Waals surface area contributed by atoms with Crippen molar-refractivity contribution < 1.29 is 0 Å². The minimum absolute atomic E-state index is 0.737. The van der Waals surface area contributed by atoms with E-state index in [-0.39, 0.29) is 0 Å². The van der Waals surface area contributed by atoms with Crippen LogP contribution in [-0.2, 0) is 0 Å².